The molecule has 0 aliphatic rings. The zero-order valence-corrected chi connectivity index (χ0v) is 9.20. The Balaban J connectivity index is 2.64. The fraction of sp³-hybridized carbons (Fsp3) is 0.300. The molecule has 0 spiro atoms. The predicted molar refractivity (Wildman–Crippen MR) is 56.5 cm³/mol. The number of rotatable bonds is 2. The SMILES string of the molecule is COC(=O)c1cc2c(OC)nc(C)nc2[nH]1. The first-order valence-electron chi connectivity index (χ1n) is 4.65. The van der Waals surface area contributed by atoms with E-state index in [9.17, 15) is 4.79 Å². The predicted octanol–water partition coefficient (Wildman–Crippen LogP) is 1.06. The standard InChI is InChI=1S/C10H11N3O3/c1-5-11-8-6(9(12-5)15-2)4-7(13-8)10(14)16-3/h4H,1-3H3,(H,11,12,13). The van der Waals surface area contributed by atoms with Gasteiger partial charge in [-0.1, -0.05) is 0 Å². The molecule has 0 aliphatic heterocycles. The summed E-state index contributed by atoms with van der Waals surface area (Å²) in [5.41, 5.74) is 0.889. The highest BCUT2D eigenvalue weighted by molar-refractivity contribution is 5.95. The Kier molecular flexibility index (Phi) is 2.47. The molecule has 2 rings (SSSR count). The number of methoxy groups -OCH3 is 2. The summed E-state index contributed by atoms with van der Waals surface area (Å²) in [6.45, 7) is 1.75. The molecule has 0 amide bonds. The molecule has 0 unspecified atom stereocenters. The van der Waals surface area contributed by atoms with Gasteiger partial charge >= 0.3 is 5.97 Å². The van der Waals surface area contributed by atoms with Crippen LogP contribution in [0.15, 0.2) is 6.07 Å². The van der Waals surface area contributed by atoms with Gasteiger partial charge in [0, 0.05) is 0 Å². The lowest BCUT2D eigenvalue weighted by Gasteiger charge is -2.00. The molecule has 84 valence electrons. The molecule has 2 aromatic rings. The number of fused-ring (bicyclic) bond motifs is 1. The lowest BCUT2D eigenvalue weighted by Crippen LogP contribution is -2.00. The van der Waals surface area contributed by atoms with E-state index in [0.717, 1.165) is 0 Å². The van der Waals surface area contributed by atoms with E-state index in [2.05, 4.69) is 19.7 Å². The molecule has 0 fully saturated rings. The highest BCUT2D eigenvalue weighted by Gasteiger charge is 2.14. The summed E-state index contributed by atoms with van der Waals surface area (Å²) in [5, 5.41) is 0.661. The molecular weight excluding hydrogens is 210 g/mol. The Bertz CT molecular complexity index is 547. The second kappa shape index (κ2) is 3.80. The number of carbonyl (C=O) groups excluding carboxylic acids is 1. The Morgan fingerprint density at radius 1 is 1.38 bits per heavy atom. The van der Waals surface area contributed by atoms with Crippen LogP contribution in [0.5, 0.6) is 5.88 Å². The summed E-state index contributed by atoms with van der Waals surface area (Å²) >= 11 is 0. The van der Waals surface area contributed by atoms with Gasteiger partial charge in [0.05, 0.1) is 19.6 Å². The van der Waals surface area contributed by atoms with Crippen LogP contribution in [-0.4, -0.2) is 35.1 Å². The summed E-state index contributed by atoms with van der Waals surface area (Å²) in [7, 11) is 2.84. The average Bonchev–Trinajstić information content (AvgIpc) is 2.70. The zero-order valence-electron chi connectivity index (χ0n) is 9.20. The van der Waals surface area contributed by atoms with E-state index in [1.54, 1.807) is 13.0 Å². The van der Waals surface area contributed by atoms with Crippen LogP contribution < -0.4 is 4.74 Å². The van der Waals surface area contributed by atoms with Gasteiger partial charge in [0.15, 0.2) is 0 Å². The zero-order chi connectivity index (χ0) is 11.7. The fourth-order valence-corrected chi connectivity index (χ4v) is 1.46. The number of hydrogen-bond donors (Lipinski definition) is 1. The molecule has 1 N–H and O–H groups in total. The molecule has 6 heteroatoms. The third kappa shape index (κ3) is 1.58. The van der Waals surface area contributed by atoms with Crippen molar-refractivity contribution >= 4 is 17.0 Å². The highest BCUT2D eigenvalue weighted by atomic mass is 16.5. The second-order valence-electron chi connectivity index (χ2n) is 3.22. The Morgan fingerprint density at radius 2 is 2.12 bits per heavy atom. The van der Waals surface area contributed by atoms with Crippen LogP contribution in [0.2, 0.25) is 0 Å². The van der Waals surface area contributed by atoms with Crippen molar-refractivity contribution in [2.24, 2.45) is 0 Å². The van der Waals surface area contributed by atoms with Crippen molar-refractivity contribution in [2.75, 3.05) is 14.2 Å². The number of aryl methyl sites for hydroxylation is 1. The van der Waals surface area contributed by atoms with E-state index in [1.165, 1.54) is 14.2 Å². The smallest absolute Gasteiger partial charge is 0.354 e. The third-order valence-corrected chi connectivity index (χ3v) is 2.16. The minimum absolute atomic E-state index is 0.329. The Morgan fingerprint density at radius 3 is 2.75 bits per heavy atom. The Labute approximate surface area is 91.6 Å². The van der Waals surface area contributed by atoms with Crippen LogP contribution >= 0.6 is 0 Å². The fourth-order valence-electron chi connectivity index (χ4n) is 1.46. The maximum absolute atomic E-state index is 11.3. The molecule has 2 heterocycles. The number of nitrogens with one attached hydrogen (secondary N) is 1. The maximum Gasteiger partial charge on any atom is 0.354 e. The van der Waals surface area contributed by atoms with Crippen molar-refractivity contribution in [3.63, 3.8) is 0 Å². The summed E-state index contributed by atoms with van der Waals surface area (Å²) in [4.78, 5) is 22.5. The lowest BCUT2D eigenvalue weighted by molar-refractivity contribution is 0.0595. The number of ether oxygens (including phenoxy) is 2. The van der Waals surface area contributed by atoms with E-state index in [4.69, 9.17) is 4.74 Å². The number of nitrogens with zero attached hydrogens (tertiary/aromatic N) is 2. The van der Waals surface area contributed by atoms with Crippen molar-refractivity contribution in [1.29, 1.82) is 0 Å². The van der Waals surface area contributed by atoms with Gasteiger partial charge in [0.25, 0.3) is 0 Å². The molecule has 0 saturated heterocycles. The molecule has 0 atom stereocenters. The van der Waals surface area contributed by atoms with Crippen molar-refractivity contribution in [1.82, 2.24) is 15.0 Å². The van der Waals surface area contributed by atoms with Gasteiger partial charge in [-0.3, -0.25) is 0 Å². The van der Waals surface area contributed by atoms with Gasteiger partial charge in [0.1, 0.15) is 17.2 Å². The van der Waals surface area contributed by atoms with Crippen LogP contribution in [-0.2, 0) is 4.74 Å². The largest absolute Gasteiger partial charge is 0.480 e. The summed E-state index contributed by atoms with van der Waals surface area (Å²) in [6, 6.07) is 1.61. The van der Waals surface area contributed by atoms with E-state index in [-0.39, 0.29) is 0 Å². The van der Waals surface area contributed by atoms with E-state index in [0.29, 0.717) is 28.4 Å². The van der Waals surface area contributed by atoms with Crippen molar-refractivity contribution in [2.45, 2.75) is 6.92 Å². The molecule has 0 aliphatic carbocycles. The monoisotopic (exact) mass is 221 g/mol. The molecule has 0 bridgehead atoms. The summed E-state index contributed by atoms with van der Waals surface area (Å²) in [5.74, 6) is 0.564. The number of H-pyrrole nitrogens is 1. The third-order valence-electron chi connectivity index (χ3n) is 2.16. The van der Waals surface area contributed by atoms with Gasteiger partial charge in [0.2, 0.25) is 5.88 Å². The molecule has 2 aromatic heterocycles. The average molecular weight is 221 g/mol. The van der Waals surface area contributed by atoms with Crippen molar-refractivity contribution in [3.8, 4) is 5.88 Å². The minimum atomic E-state index is -0.447. The first kappa shape index (κ1) is 10.4. The van der Waals surface area contributed by atoms with Gasteiger partial charge < -0.3 is 14.5 Å². The molecule has 6 nitrogen and oxygen atoms in total. The molecule has 0 saturated carbocycles. The summed E-state index contributed by atoms with van der Waals surface area (Å²) < 4.78 is 9.72. The number of esters is 1. The number of hydrogen-bond acceptors (Lipinski definition) is 5. The van der Waals surface area contributed by atoms with Crippen LogP contribution in [0.1, 0.15) is 16.3 Å². The Hall–Kier alpha value is -2.11. The topological polar surface area (TPSA) is 77.1 Å². The number of aromatic nitrogens is 3. The quantitative estimate of drug-likeness (QED) is 0.767. The van der Waals surface area contributed by atoms with Crippen LogP contribution in [0.4, 0.5) is 0 Å². The van der Waals surface area contributed by atoms with Crippen molar-refractivity contribution in [3.05, 3.63) is 17.6 Å². The molecule has 16 heavy (non-hydrogen) atoms. The molecule has 0 aromatic carbocycles. The molecule has 0 radical (unpaired) electrons. The lowest BCUT2D eigenvalue weighted by atomic mass is 10.3. The molecular formula is C10H11N3O3. The maximum atomic E-state index is 11.3. The van der Waals surface area contributed by atoms with Gasteiger partial charge in [-0.05, 0) is 13.0 Å². The van der Waals surface area contributed by atoms with E-state index >= 15 is 0 Å². The highest BCUT2D eigenvalue weighted by Crippen LogP contribution is 2.23. The first-order chi connectivity index (χ1) is 7.65. The minimum Gasteiger partial charge on any atom is -0.480 e. The van der Waals surface area contributed by atoms with Crippen molar-refractivity contribution < 1.29 is 14.3 Å². The van der Waals surface area contributed by atoms with Crippen LogP contribution in [0.25, 0.3) is 11.0 Å². The van der Waals surface area contributed by atoms with Gasteiger partial charge in [-0.15, -0.1) is 0 Å². The summed E-state index contributed by atoms with van der Waals surface area (Å²) in [6.07, 6.45) is 0. The normalized spacial score (nSPS) is 10.4. The van der Waals surface area contributed by atoms with Crippen LogP contribution in [0.3, 0.4) is 0 Å². The second-order valence-corrected chi connectivity index (χ2v) is 3.22. The van der Waals surface area contributed by atoms with E-state index < -0.39 is 5.97 Å². The van der Waals surface area contributed by atoms with Gasteiger partial charge in [-0.25, -0.2) is 9.78 Å². The first-order valence-corrected chi connectivity index (χ1v) is 4.65. The number of aromatic amines is 1. The van der Waals surface area contributed by atoms with E-state index in [1.807, 2.05) is 0 Å². The van der Waals surface area contributed by atoms with Crippen LogP contribution in [0, 0.1) is 6.92 Å². The number of carbonyl (C=O) groups is 1. The van der Waals surface area contributed by atoms with Gasteiger partial charge in [-0.2, -0.15) is 4.98 Å².